The second-order valence-corrected chi connectivity index (χ2v) is 6.49. The number of carbonyl (C=O) groups excluding carboxylic acids is 1. The van der Waals surface area contributed by atoms with Gasteiger partial charge in [0.25, 0.3) is 0 Å². The molecule has 0 aliphatic carbocycles. The van der Waals surface area contributed by atoms with Gasteiger partial charge < -0.3 is 25.4 Å². The number of ether oxygens (including phenoxy) is 2. The molecule has 2 aromatic carbocycles. The van der Waals surface area contributed by atoms with Crippen LogP contribution in [0.3, 0.4) is 0 Å². The van der Waals surface area contributed by atoms with E-state index >= 15 is 0 Å². The van der Waals surface area contributed by atoms with Crippen molar-refractivity contribution in [1.82, 2.24) is 16.0 Å². The maximum absolute atomic E-state index is 12.2. The Hall–Kier alpha value is -2.49. The third-order valence-electron chi connectivity index (χ3n) is 4.26. The molecule has 0 aliphatic heterocycles. The Labute approximate surface area is 195 Å². The molecule has 164 valence electrons. The fourth-order valence-electron chi connectivity index (χ4n) is 2.66. The van der Waals surface area contributed by atoms with E-state index in [-0.39, 0.29) is 36.4 Å². The predicted molar refractivity (Wildman–Crippen MR) is 131 cm³/mol. The van der Waals surface area contributed by atoms with E-state index in [1.807, 2.05) is 56.3 Å². The molecule has 0 atom stereocenters. The van der Waals surface area contributed by atoms with Gasteiger partial charge in [-0.1, -0.05) is 24.3 Å². The molecule has 1 amide bonds. The molecule has 0 unspecified atom stereocenters. The number of nitrogens with zero attached hydrogens (tertiary/aromatic N) is 1. The SMILES string of the molecule is CCNC(=NCc1ccc(C)cc1OC)NCC(=O)NCc1ccc(OC)cc1.I. The third kappa shape index (κ3) is 8.48. The molecular formula is C22H31IN4O3. The lowest BCUT2D eigenvalue weighted by atomic mass is 10.1. The minimum absolute atomic E-state index is 0. The van der Waals surface area contributed by atoms with Gasteiger partial charge in [0.2, 0.25) is 5.91 Å². The van der Waals surface area contributed by atoms with Crippen LogP contribution in [0.15, 0.2) is 47.5 Å². The molecule has 0 radical (unpaired) electrons. The van der Waals surface area contributed by atoms with E-state index in [1.54, 1.807) is 14.2 Å². The molecule has 0 heterocycles. The first kappa shape index (κ1) is 25.5. The molecule has 30 heavy (non-hydrogen) atoms. The number of methoxy groups -OCH3 is 2. The molecule has 3 N–H and O–H groups in total. The van der Waals surface area contributed by atoms with Crippen LogP contribution in [0.2, 0.25) is 0 Å². The zero-order valence-electron chi connectivity index (χ0n) is 18.0. The average Bonchev–Trinajstić information content (AvgIpc) is 2.75. The van der Waals surface area contributed by atoms with Crippen LogP contribution in [-0.2, 0) is 17.9 Å². The van der Waals surface area contributed by atoms with Gasteiger partial charge in [-0.15, -0.1) is 24.0 Å². The van der Waals surface area contributed by atoms with Crippen LogP contribution in [0.5, 0.6) is 11.5 Å². The molecular weight excluding hydrogens is 495 g/mol. The van der Waals surface area contributed by atoms with Crippen molar-refractivity contribution in [3.8, 4) is 11.5 Å². The highest BCUT2D eigenvalue weighted by Crippen LogP contribution is 2.20. The van der Waals surface area contributed by atoms with Gasteiger partial charge in [-0.25, -0.2) is 4.99 Å². The Kier molecular flexibility index (Phi) is 11.7. The normalized spacial score (nSPS) is 10.6. The smallest absolute Gasteiger partial charge is 0.239 e. The van der Waals surface area contributed by atoms with Crippen molar-refractivity contribution in [3.63, 3.8) is 0 Å². The number of amides is 1. The molecule has 0 aliphatic rings. The summed E-state index contributed by atoms with van der Waals surface area (Å²) < 4.78 is 10.6. The van der Waals surface area contributed by atoms with Gasteiger partial charge in [0, 0.05) is 18.7 Å². The van der Waals surface area contributed by atoms with Gasteiger partial charge in [-0.3, -0.25) is 4.79 Å². The molecule has 7 nitrogen and oxygen atoms in total. The molecule has 8 heteroatoms. The van der Waals surface area contributed by atoms with Crippen LogP contribution in [0, 0.1) is 6.92 Å². The summed E-state index contributed by atoms with van der Waals surface area (Å²) in [5, 5.41) is 9.09. The van der Waals surface area contributed by atoms with Crippen LogP contribution in [0.25, 0.3) is 0 Å². The summed E-state index contributed by atoms with van der Waals surface area (Å²) in [4.78, 5) is 16.7. The molecule has 0 saturated carbocycles. The Morgan fingerprint density at radius 3 is 2.37 bits per heavy atom. The highest BCUT2D eigenvalue weighted by atomic mass is 127. The number of nitrogens with one attached hydrogen (secondary N) is 3. The van der Waals surface area contributed by atoms with Crippen molar-refractivity contribution in [2.75, 3.05) is 27.3 Å². The van der Waals surface area contributed by atoms with Crippen LogP contribution in [-0.4, -0.2) is 39.2 Å². The molecule has 2 rings (SSSR count). The second kappa shape index (κ2) is 13.7. The summed E-state index contributed by atoms with van der Waals surface area (Å²) in [5.41, 5.74) is 3.12. The van der Waals surface area contributed by atoms with Crippen molar-refractivity contribution < 1.29 is 14.3 Å². The second-order valence-electron chi connectivity index (χ2n) is 6.49. The zero-order valence-corrected chi connectivity index (χ0v) is 20.3. The Morgan fingerprint density at radius 1 is 1.00 bits per heavy atom. The summed E-state index contributed by atoms with van der Waals surface area (Å²) >= 11 is 0. The van der Waals surface area contributed by atoms with Crippen LogP contribution >= 0.6 is 24.0 Å². The van der Waals surface area contributed by atoms with Crippen molar-refractivity contribution >= 4 is 35.8 Å². The van der Waals surface area contributed by atoms with Crippen molar-refractivity contribution in [1.29, 1.82) is 0 Å². The number of hydrogen-bond donors (Lipinski definition) is 3. The van der Waals surface area contributed by atoms with E-state index < -0.39 is 0 Å². The van der Waals surface area contributed by atoms with E-state index in [0.717, 1.165) is 28.2 Å². The minimum Gasteiger partial charge on any atom is -0.497 e. The van der Waals surface area contributed by atoms with E-state index in [2.05, 4.69) is 20.9 Å². The largest absolute Gasteiger partial charge is 0.497 e. The molecule has 2 aromatic rings. The van der Waals surface area contributed by atoms with Crippen LogP contribution in [0.4, 0.5) is 0 Å². The maximum Gasteiger partial charge on any atom is 0.239 e. The quantitative estimate of drug-likeness (QED) is 0.266. The fraction of sp³-hybridized carbons (Fsp3) is 0.364. The first-order valence-electron chi connectivity index (χ1n) is 9.61. The van der Waals surface area contributed by atoms with Crippen LogP contribution in [0.1, 0.15) is 23.6 Å². The van der Waals surface area contributed by atoms with Gasteiger partial charge in [0.1, 0.15) is 11.5 Å². The predicted octanol–water partition coefficient (Wildman–Crippen LogP) is 3.00. The first-order chi connectivity index (χ1) is 14.0. The number of rotatable bonds is 9. The first-order valence-corrected chi connectivity index (χ1v) is 9.61. The lowest BCUT2D eigenvalue weighted by Crippen LogP contribution is -2.43. The number of aliphatic imine (C=N–C) groups is 1. The third-order valence-corrected chi connectivity index (χ3v) is 4.26. The fourth-order valence-corrected chi connectivity index (χ4v) is 2.66. The summed E-state index contributed by atoms with van der Waals surface area (Å²) in [6, 6.07) is 13.6. The van der Waals surface area contributed by atoms with E-state index in [9.17, 15) is 4.79 Å². The van der Waals surface area contributed by atoms with Gasteiger partial charge in [0.05, 0.1) is 27.3 Å². The van der Waals surface area contributed by atoms with E-state index in [4.69, 9.17) is 9.47 Å². The molecule has 0 spiro atoms. The summed E-state index contributed by atoms with van der Waals surface area (Å²) in [6.07, 6.45) is 0. The molecule has 0 bridgehead atoms. The van der Waals surface area contributed by atoms with Crippen molar-refractivity contribution in [2.45, 2.75) is 26.9 Å². The van der Waals surface area contributed by atoms with Gasteiger partial charge >= 0.3 is 0 Å². The Bertz CT molecular complexity index is 826. The number of aryl methyl sites for hydroxylation is 1. The topological polar surface area (TPSA) is 84.0 Å². The molecule has 0 aromatic heterocycles. The average molecular weight is 526 g/mol. The van der Waals surface area contributed by atoms with Gasteiger partial charge in [0.15, 0.2) is 5.96 Å². The lowest BCUT2D eigenvalue weighted by molar-refractivity contribution is -0.120. The zero-order chi connectivity index (χ0) is 21.1. The monoisotopic (exact) mass is 526 g/mol. The standard InChI is InChI=1S/C22H30N4O3.HI/c1-5-23-22(25-14-18-9-6-16(2)12-20(18)29-4)26-15-21(27)24-13-17-7-10-19(28-3)11-8-17;/h6-12H,5,13-15H2,1-4H3,(H,24,27)(H2,23,25,26);1H. The van der Waals surface area contributed by atoms with Gasteiger partial charge in [-0.05, 0) is 43.2 Å². The summed E-state index contributed by atoms with van der Waals surface area (Å²) in [6.45, 7) is 5.74. The van der Waals surface area contributed by atoms with Crippen molar-refractivity contribution in [3.05, 3.63) is 59.2 Å². The highest BCUT2D eigenvalue weighted by molar-refractivity contribution is 14.0. The van der Waals surface area contributed by atoms with Crippen molar-refractivity contribution in [2.24, 2.45) is 4.99 Å². The van der Waals surface area contributed by atoms with E-state index in [0.29, 0.717) is 25.6 Å². The number of halogens is 1. The summed E-state index contributed by atoms with van der Waals surface area (Å²) in [7, 11) is 3.28. The Morgan fingerprint density at radius 2 is 1.73 bits per heavy atom. The lowest BCUT2D eigenvalue weighted by Gasteiger charge is -2.13. The minimum atomic E-state index is -0.112. The number of hydrogen-bond acceptors (Lipinski definition) is 4. The van der Waals surface area contributed by atoms with Gasteiger partial charge in [-0.2, -0.15) is 0 Å². The van der Waals surface area contributed by atoms with E-state index in [1.165, 1.54) is 0 Å². The summed E-state index contributed by atoms with van der Waals surface area (Å²) in [5.74, 6) is 2.06. The maximum atomic E-state index is 12.2. The molecule has 0 fully saturated rings. The highest BCUT2D eigenvalue weighted by Gasteiger charge is 2.06. The molecule has 0 saturated heterocycles. The number of carbonyl (C=O) groups is 1. The van der Waals surface area contributed by atoms with Crippen LogP contribution < -0.4 is 25.4 Å². The Balaban J connectivity index is 0.00000450. The number of benzene rings is 2. The number of guanidine groups is 1.